The molecule has 2 aliphatic carbocycles. The molecular formula is C18H24N2O2. The third kappa shape index (κ3) is 2.56. The van der Waals surface area contributed by atoms with Gasteiger partial charge in [-0.05, 0) is 30.3 Å². The molecule has 22 heavy (non-hydrogen) atoms. The number of rotatable bonds is 3. The lowest BCUT2D eigenvalue weighted by atomic mass is 9.71. The van der Waals surface area contributed by atoms with Gasteiger partial charge in [0.1, 0.15) is 6.29 Å². The molecule has 0 aromatic heterocycles. The first-order valence-corrected chi connectivity index (χ1v) is 8.12. The third-order valence-electron chi connectivity index (χ3n) is 5.16. The number of amides is 1. The minimum atomic E-state index is -0.398. The molecule has 1 aliphatic heterocycles. The Balaban J connectivity index is 1.91. The molecule has 1 heterocycles. The van der Waals surface area contributed by atoms with E-state index in [1.54, 1.807) is 0 Å². The van der Waals surface area contributed by atoms with E-state index in [9.17, 15) is 9.59 Å². The Morgan fingerprint density at radius 1 is 1.27 bits per heavy atom. The van der Waals surface area contributed by atoms with Crippen LogP contribution in [-0.4, -0.2) is 18.2 Å². The van der Waals surface area contributed by atoms with E-state index < -0.39 is 5.92 Å². The smallest absolute Gasteiger partial charge is 0.232 e. The number of carbonyl (C=O) groups is 2. The van der Waals surface area contributed by atoms with Gasteiger partial charge in [0.05, 0.1) is 5.92 Å². The highest BCUT2D eigenvalue weighted by molar-refractivity contribution is 5.91. The van der Waals surface area contributed by atoms with Crippen LogP contribution in [0.15, 0.2) is 35.6 Å². The molecule has 0 saturated heterocycles. The molecule has 0 bridgehead atoms. The second-order valence-electron chi connectivity index (χ2n) is 6.99. The van der Waals surface area contributed by atoms with Gasteiger partial charge in [-0.2, -0.15) is 0 Å². The van der Waals surface area contributed by atoms with Crippen molar-refractivity contribution < 1.29 is 9.59 Å². The second kappa shape index (κ2) is 5.84. The summed E-state index contributed by atoms with van der Waals surface area (Å²) in [7, 11) is 0. The summed E-state index contributed by atoms with van der Waals surface area (Å²) in [5.74, 6) is -0.0508. The predicted molar refractivity (Wildman–Crippen MR) is 85.5 cm³/mol. The largest absolute Gasteiger partial charge is 0.329 e. The Labute approximate surface area is 131 Å². The number of carbonyl (C=O) groups excluding carboxylic acids is 2. The van der Waals surface area contributed by atoms with Crippen LogP contribution in [-0.2, 0) is 9.59 Å². The normalized spacial score (nSPS) is 38.7. The van der Waals surface area contributed by atoms with Gasteiger partial charge >= 0.3 is 0 Å². The van der Waals surface area contributed by atoms with Gasteiger partial charge in [-0.1, -0.05) is 38.2 Å². The van der Waals surface area contributed by atoms with Crippen molar-refractivity contribution in [3.05, 3.63) is 35.6 Å². The monoisotopic (exact) mass is 300 g/mol. The standard InChI is InChI=1S/C18H24N2O2/c1-10-3-5-12(15(19)7-10)14(9-21)17-13-6-4-11(2)8-16(13)20-18(17)22/h3-6,9-12,14-15,17H,7-8,19H2,1-2H3,(H,20,22). The summed E-state index contributed by atoms with van der Waals surface area (Å²) >= 11 is 0. The zero-order valence-electron chi connectivity index (χ0n) is 13.2. The molecule has 0 aromatic rings. The summed E-state index contributed by atoms with van der Waals surface area (Å²) in [6.07, 6.45) is 10.9. The minimum absolute atomic E-state index is 0.0555. The van der Waals surface area contributed by atoms with Crippen molar-refractivity contribution in [1.82, 2.24) is 5.32 Å². The molecule has 4 heteroatoms. The molecule has 0 saturated carbocycles. The summed E-state index contributed by atoms with van der Waals surface area (Å²) in [5, 5.41) is 2.98. The number of nitrogens with one attached hydrogen (secondary N) is 1. The molecule has 1 amide bonds. The highest BCUT2D eigenvalue weighted by Gasteiger charge is 2.43. The molecule has 118 valence electrons. The minimum Gasteiger partial charge on any atom is -0.329 e. The van der Waals surface area contributed by atoms with Crippen molar-refractivity contribution in [2.75, 3.05) is 0 Å². The fourth-order valence-electron chi connectivity index (χ4n) is 3.97. The summed E-state index contributed by atoms with van der Waals surface area (Å²) in [5.41, 5.74) is 8.24. The van der Waals surface area contributed by atoms with Crippen LogP contribution in [0.1, 0.15) is 26.7 Å². The van der Waals surface area contributed by atoms with Gasteiger partial charge in [-0.15, -0.1) is 0 Å². The lowest BCUT2D eigenvalue weighted by Crippen LogP contribution is -2.43. The van der Waals surface area contributed by atoms with Crippen LogP contribution >= 0.6 is 0 Å². The summed E-state index contributed by atoms with van der Waals surface area (Å²) in [6.45, 7) is 4.24. The fourth-order valence-corrected chi connectivity index (χ4v) is 3.97. The highest BCUT2D eigenvalue weighted by atomic mass is 16.2. The lowest BCUT2D eigenvalue weighted by molar-refractivity contribution is -0.127. The van der Waals surface area contributed by atoms with Gasteiger partial charge in [-0.3, -0.25) is 4.79 Å². The van der Waals surface area contributed by atoms with Crippen LogP contribution in [0.5, 0.6) is 0 Å². The number of aldehydes is 1. The molecule has 4 nitrogen and oxygen atoms in total. The number of allylic oxidation sites excluding steroid dienone is 4. The zero-order chi connectivity index (χ0) is 15.9. The maximum atomic E-state index is 12.5. The van der Waals surface area contributed by atoms with E-state index in [0.717, 1.165) is 30.4 Å². The predicted octanol–water partition coefficient (Wildman–Crippen LogP) is 1.94. The Kier molecular flexibility index (Phi) is 4.04. The van der Waals surface area contributed by atoms with E-state index in [4.69, 9.17) is 5.73 Å². The summed E-state index contributed by atoms with van der Waals surface area (Å²) in [6, 6.07) is -0.0702. The Hall–Kier alpha value is -1.68. The number of hydrogen-bond donors (Lipinski definition) is 2. The van der Waals surface area contributed by atoms with Gasteiger partial charge in [0.15, 0.2) is 0 Å². The van der Waals surface area contributed by atoms with E-state index in [1.165, 1.54) is 0 Å². The van der Waals surface area contributed by atoms with E-state index in [-0.39, 0.29) is 23.8 Å². The molecule has 6 unspecified atom stereocenters. The van der Waals surface area contributed by atoms with Crippen LogP contribution in [0.4, 0.5) is 0 Å². The fraction of sp³-hybridized carbons (Fsp3) is 0.556. The van der Waals surface area contributed by atoms with E-state index >= 15 is 0 Å². The first-order valence-electron chi connectivity index (χ1n) is 8.12. The topological polar surface area (TPSA) is 72.2 Å². The SMILES string of the molecule is CC1C=CC2=C(C1)NC(=O)C2C(C=O)C1C=CC(C)CC1N. The number of nitrogens with two attached hydrogens (primary N) is 1. The maximum absolute atomic E-state index is 12.5. The van der Waals surface area contributed by atoms with Crippen LogP contribution in [0.25, 0.3) is 0 Å². The van der Waals surface area contributed by atoms with Crippen molar-refractivity contribution in [1.29, 1.82) is 0 Å². The van der Waals surface area contributed by atoms with E-state index in [2.05, 4.69) is 31.3 Å². The van der Waals surface area contributed by atoms with Crippen molar-refractivity contribution >= 4 is 12.2 Å². The molecule has 3 N–H and O–H groups in total. The second-order valence-corrected chi connectivity index (χ2v) is 6.99. The zero-order valence-corrected chi connectivity index (χ0v) is 13.2. The Morgan fingerprint density at radius 2 is 2.05 bits per heavy atom. The first kappa shape index (κ1) is 15.2. The van der Waals surface area contributed by atoms with Gasteiger partial charge in [0, 0.05) is 23.6 Å². The van der Waals surface area contributed by atoms with Crippen molar-refractivity contribution in [3.8, 4) is 0 Å². The summed E-state index contributed by atoms with van der Waals surface area (Å²) in [4.78, 5) is 24.2. The van der Waals surface area contributed by atoms with Crippen molar-refractivity contribution in [3.63, 3.8) is 0 Å². The van der Waals surface area contributed by atoms with Crippen molar-refractivity contribution in [2.24, 2.45) is 35.3 Å². The molecule has 6 atom stereocenters. The van der Waals surface area contributed by atoms with Gasteiger partial charge in [-0.25, -0.2) is 0 Å². The molecule has 3 rings (SSSR count). The molecule has 0 fully saturated rings. The van der Waals surface area contributed by atoms with E-state index in [1.807, 2.05) is 12.2 Å². The van der Waals surface area contributed by atoms with Crippen LogP contribution in [0.3, 0.4) is 0 Å². The first-order chi connectivity index (χ1) is 10.5. The van der Waals surface area contributed by atoms with Crippen molar-refractivity contribution in [2.45, 2.75) is 32.7 Å². The van der Waals surface area contributed by atoms with Crippen LogP contribution in [0.2, 0.25) is 0 Å². The Morgan fingerprint density at radius 3 is 2.73 bits per heavy atom. The average molecular weight is 300 g/mol. The quantitative estimate of drug-likeness (QED) is 0.618. The lowest BCUT2D eigenvalue weighted by Gasteiger charge is -2.33. The van der Waals surface area contributed by atoms with Gasteiger partial charge in [0.2, 0.25) is 5.91 Å². The highest BCUT2D eigenvalue weighted by Crippen LogP contribution is 2.40. The van der Waals surface area contributed by atoms with Gasteiger partial charge in [0.25, 0.3) is 0 Å². The molecule has 0 aromatic carbocycles. The van der Waals surface area contributed by atoms with E-state index in [0.29, 0.717) is 11.8 Å². The molecule has 0 spiro atoms. The molecular weight excluding hydrogens is 276 g/mol. The third-order valence-corrected chi connectivity index (χ3v) is 5.16. The molecule has 3 aliphatic rings. The van der Waals surface area contributed by atoms with Crippen LogP contribution in [0, 0.1) is 29.6 Å². The van der Waals surface area contributed by atoms with Crippen LogP contribution < -0.4 is 11.1 Å². The average Bonchev–Trinajstić information content (AvgIpc) is 2.77. The molecule has 0 radical (unpaired) electrons. The maximum Gasteiger partial charge on any atom is 0.232 e. The number of hydrogen-bond acceptors (Lipinski definition) is 3. The Bertz CT molecular complexity index is 576. The summed E-state index contributed by atoms with van der Waals surface area (Å²) < 4.78 is 0. The van der Waals surface area contributed by atoms with Gasteiger partial charge < -0.3 is 15.8 Å².